The Hall–Kier alpha value is -2.15. The molecule has 0 aliphatic heterocycles. The van der Waals surface area contributed by atoms with Gasteiger partial charge in [-0.2, -0.15) is 4.68 Å². The first kappa shape index (κ1) is 16.2. The maximum Gasteiger partial charge on any atom is 0.233 e. The third-order valence-electron chi connectivity index (χ3n) is 3.09. The van der Waals surface area contributed by atoms with Crippen LogP contribution >= 0.6 is 11.8 Å². The van der Waals surface area contributed by atoms with E-state index in [4.69, 9.17) is 0 Å². The van der Waals surface area contributed by atoms with Crippen molar-refractivity contribution in [2.75, 3.05) is 6.54 Å². The molecule has 6 nitrogen and oxygen atoms in total. The maximum atomic E-state index is 11.9. The van der Waals surface area contributed by atoms with Crippen LogP contribution in [0, 0.1) is 13.8 Å². The number of aryl methyl sites for hydroxylation is 2. The predicted molar refractivity (Wildman–Crippen MR) is 87.2 cm³/mol. The van der Waals surface area contributed by atoms with Crippen molar-refractivity contribution in [2.24, 2.45) is 0 Å². The predicted octanol–water partition coefficient (Wildman–Crippen LogP) is 2.06. The van der Waals surface area contributed by atoms with Crippen LogP contribution in [0.3, 0.4) is 0 Å². The van der Waals surface area contributed by atoms with Crippen LogP contribution in [0.1, 0.15) is 18.1 Å². The van der Waals surface area contributed by atoms with E-state index in [1.54, 1.807) is 10.8 Å². The molecule has 7 heteroatoms. The number of hydrogen-bond donors (Lipinski definition) is 1. The number of carbonyl (C=O) groups is 1. The standard InChI is InChI=1S/C15H19N5OS/c1-5-8-16-14(21)12(4)22-15-17-18-19-20(15)13-7-6-10(2)9-11(13)3/h5-7,9,12H,1,8H2,2-4H3,(H,16,21)/t12-/m1/s1. The molecule has 22 heavy (non-hydrogen) atoms. The number of carbonyl (C=O) groups excluding carboxylic acids is 1. The number of thioether (sulfide) groups is 1. The molecule has 0 fully saturated rings. The molecule has 1 heterocycles. The van der Waals surface area contributed by atoms with Gasteiger partial charge in [0.05, 0.1) is 10.9 Å². The van der Waals surface area contributed by atoms with E-state index in [1.807, 2.05) is 32.9 Å². The number of aromatic nitrogens is 4. The van der Waals surface area contributed by atoms with Gasteiger partial charge in [0, 0.05) is 6.54 Å². The Labute approximate surface area is 134 Å². The Morgan fingerprint density at radius 2 is 2.27 bits per heavy atom. The molecule has 116 valence electrons. The Bertz CT molecular complexity index is 682. The van der Waals surface area contributed by atoms with Crippen LogP contribution in [0.25, 0.3) is 5.69 Å². The average Bonchev–Trinajstić information content (AvgIpc) is 2.92. The molecule has 0 saturated heterocycles. The molecule has 0 spiro atoms. The van der Waals surface area contributed by atoms with Gasteiger partial charge in [-0.3, -0.25) is 4.79 Å². The minimum Gasteiger partial charge on any atom is -0.352 e. The van der Waals surface area contributed by atoms with E-state index in [9.17, 15) is 4.79 Å². The van der Waals surface area contributed by atoms with Crippen molar-refractivity contribution in [3.63, 3.8) is 0 Å². The molecule has 0 aliphatic rings. The lowest BCUT2D eigenvalue weighted by Gasteiger charge is -2.12. The topological polar surface area (TPSA) is 72.7 Å². The molecule has 1 N–H and O–H groups in total. The van der Waals surface area contributed by atoms with Crippen LogP contribution in [0.4, 0.5) is 0 Å². The van der Waals surface area contributed by atoms with E-state index in [0.717, 1.165) is 11.3 Å². The van der Waals surface area contributed by atoms with Crippen molar-refractivity contribution in [3.8, 4) is 5.69 Å². The number of tetrazole rings is 1. The van der Waals surface area contributed by atoms with Gasteiger partial charge in [0.15, 0.2) is 0 Å². The SMILES string of the molecule is C=CCNC(=O)[C@@H](C)Sc1nnnn1-c1ccc(C)cc1C. The first-order valence-electron chi connectivity index (χ1n) is 6.94. The van der Waals surface area contributed by atoms with Gasteiger partial charge in [-0.25, -0.2) is 0 Å². The molecule has 1 amide bonds. The lowest BCUT2D eigenvalue weighted by molar-refractivity contribution is -0.120. The number of hydrogen-bond acceptors (Lipinski definition) is 5. The van der Waals surface area contributed by atoms with E-state index in [1.165, 1.54) is 17.3 Å². The van der Waals surface area contributed by atoms with Gasteiger partial charge in [-0.1, -0.05) is 35.5 Å². The van der Waals surface area contributed by atoms with Crippen molar-refractivity contribution in [1.29, 1.82) is 0 Å². The molecular weight excluding hydrogens is 298 g/mol. The van der Waals surface area contributed by atoms with Crippen LogP contribution < -0.4 is 5.32 Å². The molecule has 1 aromatic heterocycles. The van der Waals surface area contributed by atoms with Crippen LogP contribution in [0.15, 0.2) is 36.0 Å². The second-order valence-corrected chi connectivity index (χ2v) is 6.27. The van der Waals surface area contributed by atoms with Gasteiger partial charge in [0.1, 0.15) is 0 Å². The molecule has 2 rings (SSSR count). The van der Waals surface area contributed by atoms with Crippen LogP contribution in [0.5, 0.6) is 0 Å². The van der Waals surface area contributed by atoms with Gasteiger partial charge in [-0.05, 0) is 42.8 Å². The van der Waals surface area contributed by atoms with E-state index >= 15 is 0 Å². The second kappa shape index (κ2) is 7.22. The Morgan fingerprint density at radius 3 is 2.95 bits per heavy atom. The summed E-state index contributed by atoms with van der Waals surface area (Å²) in [5.41, 5.74) is 3.18. The normalized spacial score (nSPS) is 12.0. The Morgan fingerprint density at radius 1 is 1.50 bits per heavy atom. The quantitative estimate of drug-likeness (QED) is 0.652. The summed E-state index contributed by atoms with van der Waals surface area (Å²) < 4.78 is 1.66. The van der Waals surface area contributed by atoms with E-state index in [2.05, 4.69) is 33.5 Å². The zero-order valence-corrected chi connectivity index (χ0v) is 13.7. The summed E-state index contributed by atoms with van der Waals surface area (Å²) in [7, 11) is 0. The smallest absolute Gasteiger partial charge is 0.233 e. The monoisotopic (exact) mass is 317 g/mol. The van der Waals surface area contributed by atoms with Crippen molar-refractivity contribution < 1.29 is 4.79 Å². The first-order valence-corrected chi connectivity index (χ1v) is 7.82. The van der Waals surface area contributed by atoms with Crippen molar-refractivity contribution in [3.05, 3.63) is 42.0 Å². The number of rotatable bonds is 6. The highest BCUT2D eigenvalue weighted by Gasteiger charge is 2.19. The first-order chi connectivity index (χ1) is 10.5. The summed E-state index contributed by atoms with van der Waals surface area (Å²) in [6, 6.07) is 6.07. The molecule has 0 saturated carbocycles. The van der Waals surface area contributed by atoms with Gasteiger partial charge < -0.3 is 5.32 Å². The zero-order valence-electron chi connectivity index (χ0n) is 12.9. The number of nitrogens with zero attached hydrogens (tertiary/aromatic N) is 4. The van der Waals surface area contributed by atoms with Crippen molar-refractivity contribution in [2.45, 2.75) is 31.2 Å². The molecule has 0 unspecified atom stereocenters. The molecule has 1 aromatic carbocycles. The summed E-state index contributed by atoms with van der Waals surface area (Å²) in [6.45, 7) is 9.91. The number of benzene rings is 1. The van der Waals surface area contributed by atoms with Gasteiger partial charge in [0.2, 0.25) is 11.1 Å². The molecule has 1 atom stereocenters. The maximum absolute atomic E-state index is 11.9. The van der Waals surface area contributed by atoms with Gasteiger partial charge in [0.25, 0.3) is 0 Å². The fourth-order valence-corrected chi connectivity index (χ4v) is 2.80. The molecular formula is C15H19N5OS. The third-order valence-corrected chi connectivity index (χ3v) is 4.13. The average molecular weight is 317 g/mol. The van der Waals surface area contributed by atoms with Crippen molar-refractivity contribution >= 4 is 17.7 Å². The molecule has 2 aromatic rings. The van der Waals surface area contributed by atoms with Crippen LogP contribution in [-0.2, 0) is 4.79 Å². The highest BCUT2D eigenvalue weighted by molar-refractivity contribution is 8.00. The van der Waals surface area contributed by atoms with Crippen molar-refractivity contribution in [1.82, 2.24) is 25.5 Å². The molecule has 0 bridgehead atoms. The van der Waals surface area contributed by atoms with Crippen LogP contribution in [-0.4, -0.2) is 37.9 Å². The minimum atomic E-state index is -0.296. The Kier molecular flexibility index (Phi) is 5.32. The largest absolute Gasteiger partial charge is 0.352 e. The summed E-state index contributed by atoms with van der Waals surface area (Å²) in [6.07, 6.45) is 1.65. The van der Waals surface area contributed by atoms with E-state index < -0.39 is 0 Å². The zero-order chi connectivity index (χ0) is 16.1. The van der Waals surface area contributed by atoms with Crippen LogP contribution in [0.2, 0.25) is 0 Å². The highest BCUT2D eigenvalue weighted by Crippen LogP contribution is 2.24. The fraction of sp³-hybridized carbons (Fsp3) is 0.333. The minimum absolute atomic E-state index is 0.0694. The summed E-state index contributed by atoms with van der Waals surface area (Å²) in [5, 5.41) is 14.9. The number of nitrogens with one attached hydrogen (secondary N) is 1. The van der Waals surface area contributed by atoms with Gasteiger partial charge in [-0.15, -0.1) is 11.7 Å². The lowest BCUT2D eigenvalue weighted by atomic mass is 10.1. The van der Waals surface area contributed by atoms with Gasteiger partial charge >= 0.3 is 0 Å². The Balaban J connectivity index is 2.19. The summed E-state index contributed by atoms with van der Waals surface area (Å²) >= 11 is 1.32. The van der Waals surface area contributed by atoms with E-state index in [-0.39, 0.29) is 11.2 Å². The summed E-state index contributed by atoms with van der Waals surface area (Å²) in [4.78, 5) is 11.9. The second-order valence-electron chi connectivity index (χ2n) is 4.96. The molecule has 0 radical (unpaired) electrons. The van der Waals surface area contributed by atoms with E-state index in [0.29, 0.717) is 11.7 Å². The number of amides is 1. The lowest BCUT2D eigenvalue weighted by Crippen LogP contribution is -2.31. The molecule has 0 aliphatic carbocycles. The third kappa shape index (κ3) is 3.73. The highest BCUT2D eigenvalue weighted by atomic mass is 32.2. The summed E-state index contributed by atoms with van der Waals surface area (Å²) in [5.74, 6) is -0.0694. The fourth-order valence-electron chi connectivity index (χ4n) is 1.97.